The summed E-state index contributed by atoms with van der Waals surface area (Å²) in [5.41, 5.74) is 7.63. The first-order valence-electron chi connectivity index (χ1n) is 11.2. The Hall–Kier alpha value is -4.87. The van der Waals surface area contributed by atoms with Crippen LogP contribution in [-0.4, -0.2) is 53.4 Å². The van der Waals surface area contributed by atoms with Crippen LogP contribution in [0.15, 0.2) is 54.9 Å². The summed E-state index contributed by atoms with van der Waals surface area (Å²) in [7, 11) is 3.22. The Morgan fingerprint density at radius 3 is 2.51 bits per heavy atom. The molecule has 0 fully saturated rings. The highest BCUT2D eigenvalue weighted by Crippen LogP contribution is 2.28. The highest BCUT2D eigenvalue weighted by atomic mass is 19.1. The SMILES string of the molecule is CC(=O)N(C)N(Cc1ccn(-c2c(F)cccc2F)n1)C(=O)c1ccc2nc(N)c3cnn(C)c3c2c1. The maximum atomic E-state index is 14.2. The van der Waals surface area contributed by atoms with Crippen molar-refractivity contribution in [2.45, 2.75) is 13.5 Å². The van der Waals surface area contributed by atoms with E-state index in [1.807, 2.05) is 0 Å². The summed E-state index contributed by atoms with van der Waals surface area (Å²) < 4.78 is 31.2. The summed E-state index contributed by atoms with van der Waals surface area (Å²) in [4.78, 5) is 30.3. The zero-order valence-corrected chi connectivity index (χ0v) is 20.2. The number of para-hydroxylation sites is 1. The van der Waals surface area contributed by atoms with Crippen LogP contribution in [0.25, 0.3) is 27.5 Å². The van der Waals surface area contributed by atoms with Crippen molar-refractivity contribution in [3.05, 3.63) is 77.8 Å². The van der Waals surface area contributed by atoms with Gasteiger partial charge < -0.3 is 5.73 Å². The van der Waals surface area contributed by atoms with Crippen molar-refractivity contribution in [1.29, 1.82) is 0 Å². The number of benzene rings is 2. The molecule has 0 saturated carbocycles. The van der Waals surface area contributed by atoms with Crippen molar-refractivity contribution in [2.24, 2.45) is 7.05 Å². The Morgan fingerprint density at radius 2 is 1.81 bits per heavy atom. The molecule has 3 heterocycles. The average molecular weight is 505 g/mol. The number of nitrogens with two attached hydrogens (primary N) is 1. The van der Waals surface area contributed by atoms with E-state index in [4.69, 9.17) is 5.73 Å². The standard InChI is InChI=1S/C25H22F2N8O2/c1-14(36)33(3)35(13-16-9-10-34(31-16)23-19(26)5-4-6-20(23)27)25(37)15-7-8-21-17(11-15)22-18(24(28)30-21)12-29-32(22)2/h4-12H,13H2,1-3H3,(H2,28,30). The maximum Gasteiger partial charge on any atom is 0.272 e. The van der Waals surface area contributed by atoms with Crippen LogP contribution >= 0.6 is 0 Å². The molecule has 0 radical (unpaired) electrons. The quantitative estimate of drug-likeness (QED) is 0.376. The van der Waals surface area contributed by atoms with Crippen molar-refractivity contribution in [3.8, 4) is 5.69 Å². The lowest BCUT2D eigenvalue weighted by atomic mass is 10.1. The molecule has 2 amide bonds. The molecule has 10 nitrogen and oxygen atoms in total. The van der Waals surface area contributed by atoms with Crippen LogP contribution in [0, 0.1) is 11.6 Å². The van der Waals surface area contributed by atoms with Crippen molar-refractivity contribution >= 4 is 39.4 Å². The second kappa shape index (κ2) is 8.97. The summed E-state index contributed by atoms with van der Waals surface area (Å²) in [5, 5.41) is 12.2. The largest absolute Gasteiger partial charge is 0.383 e. The molecule has 37 heavy (non-hydrogen) atoms. The third kappa shape index (κ3) is 4.11. The first kappa shape index (κ1) is 23.9. The molecule has 0 unspecified atom stereocenters. The maximum absolute atomic E-state index is 14.2. The molecule has 188 valence electrons. The van der Waals surface area contributed by atoms with E-state index < -0.39 is 23.4 Å². The van der Waals surface area contributed by atoms with E-state index in [9.17, 15) is 18.4 Å². The Balaban J connectivity index is 1.53. The number of carbonyl (C=O) groups excluding carboxylic acids is 2. The molecule has 0 saturated heterocycles. The highest BCUT2D eigenvalue weighted by molar-refractivity contribution is 6.10. The van der Waals surface area contributed by atoms with Gasteiger partial charge in [-0.1, -0.05) is 6.07 Å². The van der Waals surface area contributed by atoms with E-state index >= 15 is 0 Å². The number of amides is 2. The lowest BCUT2D eigenvalue weighted by Gasteiger charge is -2.30. The van der Waals surface area contributed by atoms with E-state index in [1.165, 1.54) is 37.3 Å². The van der Waals surface area contributed by atoms with Gasteiger partial charge in [0.15, 0.2) is 11.6 Å². The second-order valence-corrected chi connectivity index (χ2v) is 8.49. The smallest absolute Gasteiger partial charge is 0.272 e. The monoisotopic (exact) mass is 504 g/mol. The predicted octanol–water partition coefficient (Wildman–Crippen LogP) is 3.20. The lowest BCUT2D eigenvalue weighted by molar-refractivity contribution is -0.140. The number of nitrogens with zero attached hydrogens (tertiary/aromatic N) is 7. The number of anilines is 1. The van der Waals surface area contributed by atoms with Crippen molar-refractivity contribution in [2.75, 3.05) is 12.8 Å². The van der Waals surface area contributed by atoms with Gasteiger partial charge in [-0.05, 0) is 36.4 Å². The molecule has 3 aromatic heterocycles. The number of nitrogen functional groups attached to an aromatic ring is 1. The van der Waals surface area contributed by atoms with Gasteiger partial charge in [-0.3, -0.25) is 19.3 Å². The third-order valence-electron chi connectivity index (χ3n) is 6.13. The number of pyridine rings is 1. The van der Waals surface area contributed by atoms with Crippen molar-refractivity contribution < 1.29 is 18.4 Å². The van der Waals surface area contributed by atoms with Crippen LogP contribution < -0.4 is 5.73 Å². The molecule has 0 aliphatic carbocycles. The molecule has 0 atom stereocenters. The molecule has 2 aromatic carbocycles. The summed E-state index contributed by atoms with van der Waals surface area (Å²) in [6, 6.07) is 9.96. The molecular weight excluding hydrogens is 482 g/mol. The number of rotatable bonds is 4. The number of hydrogen-bond acceptors (Lipinski definition) is 6. The molecule has 5 rings (SSSR count). The third-order valence-corrected chi connectivity index (χ3v) is 6.13. The van der Waals surface area contributed by atoms with Crippen LogP contribution in [0.3, 0.4) is 0 Å². The van der Waals surface area contributed by atoms with Gasteiger partial charge in [0.1, 0.15) is 11.5 Å². The van der Waals surface area contributed by atoms with E-state index in [0.29, 0.717) is 33.3 Å². The van der Waals surface area contributed by atoms with Gasteiger partial charge in [0, 0.05) is 38.2 Å². The number of aryl methyl sites for hydroxylation is 1. The topological polar surface area (TPSA) is 115 Å². The minimum atomic E-state index is -0.782. The number of aromatic nitrogens is 5. The van der Waals surface area contributed by atoms with E-state index in [1.54, 1.807) is 36.1 Å². The fraction of sp³-hybridized carbons (Fsp3) is 0.160. The normalized spacial score (nSPS) is 11.3. The minimum Gasteiger partial charge on any atom is -0.383 e. The predicted molar refractivity (Wildman–Crippen MR) is 132 cm³/mol. The first-order chi connectivity index (χ1) is 17.7. The van der Waals surface area contributed by atoms with Gasteiger partial charge in [-0.15, -0.1) is 0 Å². The molecule has 2 N–H and O–H groups in total. The van der Waals surface area contributed by atoms with Gasteiger partial charge in [0.2, 0.25) is 5.91 Å². The first-order valence-corrected chi connectivity index (χ1v) is 11.2. The van der Waals surface area contributed by atoms with E-state index in [0.717, 1.165) is 21.8 Å². The number of fused-ring (bicyclic) bond motifs is 3. The number of halogens is 2. The van der Waals surface area contributed by atoms with Crippen LogP contribution in [0.2, 0.25) is 0 Å². The van der Waals surface area contributed by atoms with Crippen molar-refractivity contribution in [3.63, 3.8) is 0 Å². The summed E-state index contributed by atoms with van der Waals surface area (Å²) in [6.45, 7) is 1.19. The van der Waals surface area contributed by atoms with Crippen LogP contribution in [0.5, 0.6) is 0 Å². The van der Waals surface area contributed by atoms with Gasteiger partial charge >= 0.3 is 0 Å². The molecule has 0 bridgehead atoms. The average Bonchev–Trinajstić information content (AvgIpc) is 3.48. The fourth-order valence-electron chi connectivity index (χ4n) is 4.16. The van der Waals surface area contributed by atoms with Gasteiger partial charge in [-0.2, -0.15) is 10.2 Å². The Bertz CT molecular complexity index is 1670. The number of hydrogen-bond donors (Lipinski definition) is 1. The minimum absolute atomic E-state index is 0.128. The number of hydrazine groups is 1. The lowest BCUT2D eigenvalue weighted by Crippen LogP contribution is -2.46. The van der Waals surface area contributed by atoms with Gasteiger partial charge in [0.05, 0.1) is 34.9 Å². The molecule has 5 aromatic rings. The molecule has 12 heteroatoms. The molecule has 0 spiro atoms. The highest BCUT2D eigenvalue weighted by Gasteiger charge is 2.25. The molecule has 0 aliphatic heterocycles. The Morgan fingerprint density at radius 1 is 1.08 bits per heavy atom. The van der Waals surface area contributed by atoms with Crippen molar-refractivity contribution in [1.82, 2.24) is 34.6 Å². The van der Waals surface area contributed by atoms with Gasteiger partial charge in [0.25, 0.3) is 5.91 Å². The zero-order chi connectivity index (χ0) is 26.4. The summed E-state index contributed by atoms with van der Waals surface area (Å²) >= 11 is 0. The summed E-state index contributed by atoms with van der Waals surface area (Å²) in [5.74, 6) is -2.12. The number of carbonyl (C=O) groups is 2. The second-order valence-electron chi connectivity index (χ2n) is 8.49. The summed E-state index contributed by atoms with van der Waals surface area (Å²) in [6.07, 6.45) is 2.99. The Kier molecular flexibility index (Phi) is 5.78. The van der Waals surface area contributed by atoms with E-state index in [2.05, 4.69) is 15.2 Å². The van der Waals surface area contributed by atoms with Crippen LogP contribution in [-0.2, 0) is 18.4 Å². The zero-order valence-electron chi connectivity index (χ0n) is 20.2. The van der Waals surface area contributed by atoms with Crippen LogP contribution in [0.4, 0.5) is 14.6 Å². The van der Waals surface area contributed by atoms with Crippen LogP contribution in [0.1, 0.15) is 23.0 Å². The molecule has 0 aliphatic rings. The van der Waals surface area contributed by atoms with Gasteiger partial charge in [-0.25, -0.2) is 23.5 Å². The fourth-order valence-corrected chi connectivity index (χ4v) is 4.16. The molecular formula is C25H22F2N8O2. The Labute approximate surface area is 209 Å². The van der Waals surface area contributed by atoms with E-state index in [-0.39, 0.29) is 17.8 Å².